The van der Waals surface area contributed by atoms with E-state index >= 15 is 0 Å². The second-order valence-corrected chi connectivity index (χ2v) is 2.70. The Morgan fingerprint density at radius 2 is 2.27 bits per heavy atom. The molecule has 0 aromatic heterocycles. The maximum absolute atomic E-state index is 11.1. The summed E-state index contributed by atoms with van der Waals surface area (Å²) in [5, 5.41) is 8.72. The van der Waals surface area contributed by atoms with E-state index < -0.39 is 5.91 Å². The monoisotopic (exact) mass is 204 g/mol. The fourth-order valence-electron chi connectivity index (χ4n) is 1.24. The first-order valence-corrected chi connectivity index (χ1v) is 4.01. The van der Waals surface area contributed by atoms with Gasteiger partial charge in [0.1, 0.15) is 5.75 Å². The standard InChI is InChI=1S/C10H8N2O3/c1-15-8-3-2-6(4-11)7(5-13)9(8)10(12)14/h2-3,5H,1H3,(H2,12,14). The van der Waals surface area contributed by atoms with Crippen LogP contribution in [0, 0.1) is 11.3 Å². The molecule has 1 amide bonds. The zero-order valence-electron chi connectivity index (χ0n) is 7.98. The number of nitrogens with zero attached hydrogens (tertiary/aromatic N) is 1. The van der Waals surface area contributed by atoms with E-state index in [2.05, 4.69) is 0 Å². The van der Waals surface area contributed by atoms with Crippen LogP contribution in [0.1, 0.15) is 26.3 Å². The van der Waals surface area contributed by atoms with E-state index in [1.807, 2.05) is 0 Å². The summed E-state index contributed by atoms with van der Waals surface area (Å²) in [5.74, 6) is -0.616. The molecule has 5 nitrogen and oxygen atoms in total. The number of amides is 1. The molecule has 15 heavy (non-hydrogen) atoms. The first kappa shape index (κ1) is 10.7. The van der Waals surface area contributed by atoms with Crippen LogP contribution in [0.4, 0.5) is 0 Å². The van der Waals surface area contributed by atoms with Gasteiger partial charge in [0.15, 0.2) is 6.29 Å². The number of rotatable bonds is 3. The van der Waals surface area contributed by atoms with Crippen molar-refractivity contribution < 1.29 is 14.3 Å². The number of benzene rings is 1. The number of methoxy groups -OCH3 is 1. The Balaban J connectivity index is 3.60. The minimum absolute atomic E-state index is 0.0376. The van der Waals surface area contributed by atoms with Gasteiger partial charge in [-0.2, -0.15) is 5.26 Å². The first-order chi connectivity index (χ1) is 7.15. The third kappa shape index (κ3) is 1.79. The second-order valence-electron chi connectivity index (χ2n) is 2.70. The molecular formula is C10H8N2O3. The topological polar surface area (TPSA) is 93.2 Å². The lowest BCUT2D eigenvalue weighted by Crippen LogP contribution is -2.16. The summed E-state index contributed by atoms with van der Waals surface area (Å²) >= 11 is 0. The van der Waals surface area contributed by atoms with Gasteiger partial charge in [0.2, 0.25) is 0 Å². The van der Waals surface area contributed by atoms with Crippen molar-refractivity contribution in [2.75, 3.05) is 7.11 Å². The number of carbonyl (C=O) groups excluding carboxylic acids is 2. The van der Waals surface area contributed by atoms with Gasteiger partial charge in [0, 0.05) is 5.56 Å². The molecule has 0 aliphatic rings. The molecule has 0 saturated heterocycles. The third-order valence-corrected chi connectivity index (χ3v) is 1.91. The number of ether oxygens (including phenoxy) is 1. The molecule has 0 radical (unpaired) electrons. The zero-order chi connectivity index (χ0) is 11.4. The van der Waals surface area contributed by atoms with Crippen molar-refractivity contribution in [1.29, 1.82) is 5.26 Å². The highest BCUT2D eigenvalue weighted by molar-refractivity contribution is 6.04. The van der Waals surface area contributed by atoms with Crippen molar-refractivity contribution >= 4 is 12.2 Å². The van der Waals surface area contributed by atoms with Gasteiger partial charge in [-0.1, -0.05) is 0 Å². The summed E-state index contributed by atoms with van der Waals surface area (Å²) in [4.78, 5) is 21.9. The summed E-state index contributed by atoms with van der Waals surface area (Å²) in [6, 6.07) is 4.62. The summed E-state index contributed by atoms with van der Waals surface area (Å²) < 4.78 is 4.88. The van der Waals surface area contributed by atoms with E-state index in [1.165, 1.54) is 19.2 Å². The third-order valence-electron chi connectivity index (χ3n) is 1.91. The average Bonchev–Trinajstić information content (AvgIpc) is 2.26. The van der Waals surface area contributed by atoms with E-state index in [4.69, 9.17) is 15.7 Å². The molecule has 0 fully saturated rings. The van der Waals surface area contributed by atoms with Crippen molar-refractivity contribution in [2.24, 2.45) is 5.73 Å². The Labute approximate surface area is 86.1 Å². The van der Waals surface area contributed by atoms with Crippen molar-refractivity contribution in [3.8, 4) is 11.8 Å². The molecule has 0 atom stereocenters. The summed E-state index contributed by atoms with van der Waals surface area (Å²) in [7, 11) is 1.35. The number of hydrogen-bond acceptors (Lipinski definition) is 4. The van der Waals surface area contributed by atoms with E-state index in [-0.39, 0.29) is 22.4 Å². The minimum atomic E-state index is -0.800. The Hall–Kier alpha value is -2.35. The predicted molar refractivity (Wildman–Crippen MR) is 51.6 cm³/mol. The van der Waals surface area contributed by atoms with Gasteiger partial charge in [-0.05, 0) is 12.1 Å². The highest BCUT2D eigenvalue weighted by Crippen LogP contribution is 2.23. The summed E-state index contributed by atoms with van der Waals surface area (Å²) in [6.07, 6.45) is 0.418. The lowest BCUT2D eigenvalue weighted by Gasteiger charge is -2.08. The molecule has 0 saturated carbocycles. The fraction of sp³-hybridized carbons (Fsp3) is 0.100. The lowest BCUT2D eigenvalue weighted by atomic mass is 10.0. The molecule has 1 aromatic carbocycles. The van der Waals surface area contributed by atoms with Crippen LogP contribution in [0.15, 0.2) is 12.1 Å². The molecule has 0 heterocycles. The van der Waals surface area contributed by atoms with E-state index in [0.29, 0.717) is 6.29 Å². The summed E-state index contributed by atoms with van der Waals surface area (Å²) in [6.45, 7) is 0. The van der Waals surface area contributed by atoms with Gasteiger partial charge in [-0.3, -0.25) is 9.59 Å². The molecule has 0 spiro atoms. The van der Waals surface area contributed by atoms with Crippen molar-refractivity contribution in [3.05, 3.63) is 28.8 Å². The van der Waals surface area contributed by atoms with Gasteiger partial charge in [-0.25, -0.2) is 0 Å². The van der Waals surface area contributed by atoms with Crippen molar-refractivity contribution in [1.82, 2.24) is 0 Å². The number of hydrogen-bond donors (Lipinski definition) is 1. The second kappa shape index (κ2) is 4.24. The van der Waals surface area contributed by atoms with Crippen LogP contribution in [0.25, 0.3) is 0 Å². The molecule has 0 aliphatic carbocycles. The fourth-order valence-corrected chi connectivity index (χ4v) is 1.24. The SMILES string of the molecule is COc1ccc(C#N)c(C=O)c1C(N)=O. The lowest BCUT2D eigenvalue weighted by molar-refractivity contribution is 0.0990. The van der Waals surface area contributed by atoms with Gasteiger partial charge < -0.3 is 10.5 Å². The molecule has 2 N–H and O–H groups in total. The smallest absolute Gasteiger partial charge is 0.253 e. The number of carbonyl (C=O) groups is 2. The maximum Gasteiger partial charge on any atom is 0.253 e. The Morgan fingerprint density at radius 1 is 1.60 bits per heavy atom. The van der Waals surface area contributed by atoms with Crippen molar-refractivity contribution in [3.63, 3.8) is 0 Å². The number of aldehydes is 1. The quantitative estimate of drug-likeness (QED) is 0.724. The molecule has 0 unspecified atom stereocenters. The Morgan fingerprint density at radius 3 is 2.67 bits per heavy atom. The molecule has 1 rings (SSSR count). The van der Waals surface area contributed by atoms with Gasteiger partial charge >= 0.3 is 0 Å². The largest absolute Gasteiger partial charge is 0.496 e. The summed E-state index contributed by atoms with van der Waals surface area (Å²) in [5.41, 5.74) is 5.10. The van der Waals surface area contributed by atoms with Gasteiger partial charge in [-0.15, -0.1) is 0 Å². The van der Waals surface area contributed by atoms with E-state index in [9.17, 15) is 9.59 Å². The highest BCUT2D eigenvalue weighted by Gasteiger charge is 2.17. The normalized spacial score (nSPS) is 9.07. The maximum atomic E-state index is 11.1. The first-order valence-electron chi connectivity index (χ1n) is 4.01. The Bertz CT molecular complexity index is 460. The number of primary amides is 1. The van der Waals surface area contributed by atoms with Crippen LogP contribution in [-0.2, 0) is 0 Å². The Kier molecular flexibility index (Phi) is 3.03. The average molecular weight is 204 g/mol. The van der Waals surface area contributed by atoms with Crippen LogP contribution in [0.2, 0.25) is 0 Å². The van der Waals surface area contributed by atoms with Crippen LogP contribution < -0.4 is 10.5 Å². The van der Waals surface area contributed by atoms with Crippen LogP contribution in [0.5, 0.6) is 5.75 Å². The van der Waals surface area contributed by atoms with Crippen LogP contribution >= 0.6 is 0 Å². The van der Waals surface area contributed by atoms with E-state index in [0.717, 1.165) is 0 Å². The highest BCUT2D eigenvalue weighted by atomic mass is 16.5. The van der Waals surface area contributed by atoms with Crippen LogP contribution in [-0.4, -0.2) is 19.3 Å². The van der Waals surface area contributed by atoms with Crippen LogP contribution in [0.3, 0.4) is 0 Å². The zero-order valence-corrected chi connectivity index (χ0v) is 7.98. The van der Waals surface area contributed by atoms with Crippen molar-refractivity contribution in [2.45, 2.75) is 0 Å². The molecular weight excluding hydrogens is 196 g/mol. The molecule has 1 aromatic rings. The van der Waals surface area contributed by atoms with Gasteiger partial charge in [0.25, 0.3) is 5.91 Å². The van der Waals surface area contributed by atoms with E-state index in [1.54, 1.807) is 6.07 Å². The number of nitriles is 1. The molecule has 76 valence electrons. The van der Waals surface area contributed by atoms with Gasteiger partial charge in [0.05, 0.1) is 24.3 Å². The number of nitrogens with two attached hydrogens (primary N) is 1. The minimum Gasteiger partial charge on any atom is -0.496 e. The predicted octanol–water partition coefficient (Wildman–Crippen LogP) is 0.478. The molecule has 0 aliphatic heterocycles. The molecule has 0 bridgehead atoms. The molecule has 5 heteroatoms.